The molecule has 1 amide bonds. The van der Waals surface area contributed by atoms with Crippen molar-refractivity contribution in [2.45, 2.75) is 51.6 Å². The lowest BCUT2D eigenvalue weighted by molar-refractivity contribution is -0.149. The number of hydrogen-bond acceptors (Lipinski definition) is 5. The second-order valence-electron chi connectivity index (χ2n) is 8.96. The first-order valence-corrected chi connectivity index (χ1v) is 11.7. The zero-order valence-corrected chi connectivity index (χ0v) is 19.3. The van der Waals surface area contributed by atoms with E-state index in [1.54, 1.807) is 6.92 Å². The monoisotopic (exact) mass is 445 g/mol. The fourth-order valence-corrected chi connectivity index (χ4v) is 5.32. The van der Waals surface area contributed by atoms with E-state index >= 15 is 0 Å². The standard InChI is InChI=1S/C24H32ClN3O3/c1-17-6-7-19(25)16-20(17)28-14-12-27(13-15-28)11-10-26-22(29)21-18(2)23(30)31-24(21)8-4-3-5-9-24/h6-7,16H,3-5,8-15H2,1-2H3,(H,26,29). The van der Waals surface area contributed by atoms with Crippen LogP contribution in [0, 0.1) is 6.92 Å². The van der Waals surface area contributed by atoms with Crippen LogP contribution in [0.3, 0.4) is 0 Å². The van der Waals surface area contributed by atoms with Crippen LogP contribution in [-0.2, 0) is 14.3 Å². The number of carbonyl (C=O) groups is 2. The Balaban J connectivity index is 1.28. The maximum absolute atomic E-state index is 13.0. The molecule has 0 bridgehead atoms. The molecule has 2 fully saturated rings. The molecule has 2 aliphatic heterocycles. The van der Waals surface area contributed by atoms with Gasteiger partial charge in [0.2, 0.25) is 0 Å². The van der Waals surface area contributed by atoms with Gasteiger partial charge in [-0.25, -0.2) is 4.79 Å². The molecule has 0 atom stereocenters. The van der Waals surface area contributed by atoms with E-state index < -0.39 is 5.60 Å². The maximum Gasteiger partial charge on any atom is 0.335 e. The highest BCUT2D eigenvalue weighted by Gasteiger charge is 2.49. The molecule has 2 heterocycles. The molecule has 1 saturated carbocycles. The van der Waals surface area contributed by atoms with Crippen LogP contribution in [0.1, 0.15) is 44.6 Å². The van der Waals surface area contributed by atoms with Crippen LogP contribution in [-0.4, -0.2) is 61.6 Å². The predicted molar refractivity (Wildman–Crippen MR) is 122 cm³/mol. The van der Waals surface area contributed by atoms with Gasteiger partial charge in [-0.1, -0.05) is 24.1 Å². The van der Waals surface area contributed by atoms with Crippen LogP contribution < -0.4 is 10.2 Å². The molecular weight excluding hydrogens is 414 g/mol. The van der Waals surface area contributed by atoms with Crippen molar-refractivity contribution in [1.29, 1.82) is 0 Å². The molecule has 0 radical (unpaired) electrons. The van der Waals surface area contributed by atoms with Gasteiger partial charge in [-0.2, -0.15) is 0 Å². The average Bonchev–Trinajstić information content (AvgIpc) is 3.00. The number of halogens is 1. The van der Waals surface area contributed by atoms with Crippen molar-refractivity contribution >= 4 is 29.2 Å². The summed E-state index contributed by atoms with van der Waals surface area (Å²) in [5.74, 6) is -0.474. The van der Waals surface area contributed by atoms with Crippen LogP contribution in [0.5, 0.6) is 0 Å². The number of carbonyl (C=O) groups excluding carboxylic acids is 2. The van der Waals surface area contributed by atoms with Crippen molar-refractivity contribution < 1.29 is 14.3 Å². The molecule has 7 heteroatoms. The highest BCUT2D eigenvalue weighted by Crippen LogP contribution is 2.43. The van der Waals surface area contributed by atoms with Gasteiger partial charge < -0.3 is 15.0 Å². The predicted octanol–water partition coefficient (Wildman–Crippen LogP) is 3.46. The topological polar surface area (TPSA) is 61.9 Å². The van der Waals surface area contributed by atoms with Crippen LogP contribution in [0.2, 0.25) is 5.02 Å². The minimum absolute atomic E-state index is 0.140. The first-order chi connectivity index (χ1) is 14.9. The third kappa shape index (κ3) is 4.60. The number of nitrogens with one attached hydrogen (secondary N) is 1. The van der Waals surface area contributed by atoms with Crippen molar-refractivity contribution in [2.75, 3.05) is 44.2 Å². The Morgan fingerprint density at radius 3 is 2.55 bits per heavy atom. The summed E-state index contributed by atoms with van der Waals surface area (Å²) < 4.78 is 5.70. The van der Waals surface area contributed by atoms with Gasteiger partial charge in [0.15, 0.2) is 0 Å². The van der Waals surface area contributed by atoms with Gasteiger partial charge >= 0.3 is 5.97 Å². The summed E-state index contributed by atoms with van der Waals surface area (Å²) in [5.41, 5.74) is 2.79. The van der Waals surface area contributed by atoms with E-state index in [0.717, 1.165) is 69.9 Å². The Morgan fingerprint density at radius 2 is 1.84 bits per heavy atom. The first-order valence-electron chi connectivity index (χ1n) is 11.4. The fraction of sp³-hybridized carbons (Fsp3) is 0.583. The molecule has 1 aromatic carbocycles. The molecule has 6 nitrogen and oxygen atoms in total. The van der Waals surface area contributed by atoms with E-state index in [1.807, 2.05) is 12.1 Å². The molecule has 31 heavy (non-hydrogen) atoms. The van der Waals surface area contributed by atoms with E-state index in [-0.39, 0.29) is 11.9 Å². The highest BCUT2D eigenvalue weighted by atomic mass is 35.5. The Kier molecular flexibility index (Phi) is 6.58. The summed E-state index contributed by atoms with van der Waals surface area (Å²) in [6.45, 7) is 8.94. The van der Waals surface area contributed by atoms with Crippen LogP contribution in [0.4, 0.5) is 5.69 Å². The number of esters is 1. The van der Waals surface area contributed by atoms with Crippen LogP contribution >= 0.6 is 11.6 Å². The smallest absolute Gasteiger partial charge is 0.335 e. The van der Waals surface area contributed by atoms with Crippen molar-refractivity contribution in [2.24, 2.45) is 0 Å². The molecule has 1 aliphatic carbocycles. The van der Waals surface area contributed by atoms with E-state index in [1.165, 1.54) is 11.3 Å². The van der Waals surface area contributed by atoms with Gasteiger partial charge in [0.1, 0.15) is 5.60 Å². The third-order valence-corrected chi connectivity index (χ3v) is 7.15. The summed E-state index contributed by atoms with van der Waals surface area (Å²) in [4.78, 5) is 29.9. The van der Waals surface area contributed by atoms with Gasteiger partial charge in [-0.15, -0.1) is 0 Å². The molecule has 1 aromatic rings. The van der Waals surface area contributed by atoms with E-state index in [9.17, 15) is 9.59 Å². The summed E-state index contributed by atoms with van der Waals surface area (Å²) in [6, 6.07) is 6.03. The van der Waals surface area contributed by atoms with Gasteiger partial charge in [0.25, 0.3) is 5.91 Å². The summed E-state index contributed by atoms with van der Waals surface area (Å²) >= 11 is 6.18. The number of benzene rings is 1. The fourth-order valence-electron chi connectivity index (χ4n) is 5.15. The molecular formula is C24H32ClN3O3. The van der Waals surface area contributed by atoms with E-state index in [4.69, 9.17) is 16.3 Å². The highest BCUT2D eigenvalue weighted by molar-refractivity contribution is 6.30. The minimum Gasteiger partial charge on any atom is -0.451 e. The lowest BCUT2D eigenvalue weighted by atomic mass is 9.78. The summed E-state index contributed by atoms with van der Waals surface area (Å²) in [7, 11) is 0. The van der Waals surface area contributed by atoms with Gasteiger partial charge in [0, 0.05) is 55.6 Å². The Bertz CT molecular complexity index is 884. The minimum atomic E-state index is -0.691. The normalized spacial score (nSPS) is 21.5. The molecule has 1 N–H and O–H groups in total. The van der Waals surface area contributed by atoms with Crippen LogP contribution in [0.25, 0.3) is 0 Å². The van der Waals surface area contributed by atoms with Gasteiger partial charge in [-0.3, -0.25) is 9.69 Å². The molecule has 168 valence electrons. The largest absolute Gasteiger partial charge is 0.451 e. The Hall–Kier alpha value is -2.05. The van der Waals surface area contributed by atoms with E-state index in [0.29, 0.717) is 17.7 Å². The zero-order chi connectivity index (χ0) is 22.0. The first kappa shape index (κ1) is 22.2. The lowest BCUT2D eigenvalue weighted by Gasteiger charge is -2.37. The third-order valence-electron chi connectivity index (χ3n) is 6.91. The molecule has 1 saturated heterocycles. The van der Waals surface area contributed by atoms with Crippen molar-refractivity contribution in [1.82, 2.24) is 10.2 Å². The second-order valence-corrected chi connectivity index (χ2v) is 9.40. The van der Waals surface area contributed by atoms with Gasteiger partial charge in [-0.05, 0) is 57.2 Å². The maximum atomic E-state index is 13.0. The summed E-state index contributed by atoms with van der Waals surface area (Å²) in [6.07, 6.45) is 4.63. The number of amides is 1. The van der Waals surface area contributed by atoms with Crippen molar-refractivity contribution in [3.8, 4) is 0 Å². The van der Waals surface area contributed by atoms with E-state index in [2.05, 4.69) is 28.1 Å². The molecule has 0 unspecified atom stereocenters. The Morgan fingerprint density at radius 1 is 1.13 bits per heavy atom. The number of ether oxygens (including phenoxy) is 1. The number of anilines is 1. The molecule has 1 spiro atoms. The lowest BCUT2D eigenvalue weighted by Crippen LogP contribution is -2.49. The van der Waals surface area contributed by atoms with Gasteiger partial charge in [0.05, 0.1) is 5.57 Å². The SMILES string of the molecule is CC1=C(C(=O)NCCN2CCN(c3cc(Cl)ccc3C)CC2)C2(CCCCC2)OC1=O. The van der Waals surface area contributed by atoms with Crippen molar-refractivity contribution in [3.05, 3.63) is 39.9 Å². The number of hydrogen-bond donors (Lipinski definition) is 1. The molecule has 3 aliphatic rings. The second kappa shape index (κ2) is 9.21. The molecule has 0 aromatic heterocycles. The quantitative estimate of drug-likeness (QED) is 0.703. The Labute approximate surface area is 189 Å². The number of nitrogens with zero attached hydrogens (tertiary/aromatic N) is 2. The number of aryl methyl sites for hydroxylation is 1. The van der Waals surface area contributed by atoms with Crippen LogP contribution in [0.15, 0.2) is 29.3 Å². The number of rotatable bonds is 5. The number of piperazine rings is 1. The summed E-state index contributed by atoms with van der Waals surface area (Å²) in [5, 5.41) is 3.82. The van der Waals surface area contributed by atoms with Crippen molar-refractivity contribution in [3.63, 3.8) is 0 Å². The molecule has 4 rings (SSSR count). The average molecular weight is 446 g/mol. The zero-order valence-electron chi connectivity index (χ0n) is 18.5.